The molecule has 2 unspecified atom stereocenters. The number of hydrogen-bond donors (Lipinski definition) is 2. The molecular formula is C14H17N3O2. The molecule has 1 saturated heterocycles. The Hall–Kier alpha value is -1.88. The molecule has 0 bridgehead atoms. The van der Waals surface area contributed by atoms with Crippen LogP contribution >= 0.6 is 0 Å². The molecule has 0 aliphatic carbocycles. The number of carbonyl (C=O) groups excluding carboxylic acids is 1. The zero-order chi connectivity index (χ0) is 13.2. The normalized spacial score (nSPS) is 20.6. The molecule has 3 rings (SSSR count). The molecule has 0 spiro atoms. The van der Waals surface area contributed by atoms with E-state index in [2.05, 4.69) is 15.5 Å². The molecule has 2 N–H and O–H groups in total. The van der Waals surface area contributed by atoms with Crippen LogP contribution in [0.25, 0.3) is 10.9 Å². The number of H-pyrrole nitrogens is 1. The first-order chi connectivity index (χ1) is 9.24. The van der Waals surface area contributed by atoms with Crippen LogP contribution in [0.4, 0.5) is 0 Å². The largest absolute Gasteiger partial charge is 0.381 e. The van der Waals surface area contributed by atoms with E-state index in [1.165, 1.54) is 0 Å². The predicted octanol–water partition coefficient (Wildman–Crippen LogP) is 1.72. The van der Waals surface area contributed by atoms with Gasteiger partial charge >= 0.3 is 0 Å². The molecule has 0 radical (unpaired) electrons. The van der Waals surface area contributed by atoms with Gasteiger partial charge in [-0.3, -0.25) is 9.89 Å². The fourth-order valence-electron chi connectivity index (χ4n) is 2.43. The number of fused-ring (bicyclic) bond motifs is 1. The Morgan fingerprint density at radius 3 is 3.26 bits per heavy atom. The number of ether oxygens (including phenoxy) is 1. The first-order valence-electron chi connectivity index (χ1n) is 6.56. The molecule has 1 fully saturated rings. The zero-order valence-electron chi connectivity index (χ0n) is 10.8. The summed E-state index contributed by atoms with van der Waals surface area (Å²) >= 11 is 0. The van der Waals surface area contributed by atoms with Gasteiger partial charge in [-0.25, -0.2) is 0 Å². The van der Waals surface area contributed by atoms with E-state index in [1.807, 2.05) is 25.1 Å². The van der Waals surface area contributed by atoms with Crippen LogP contribution in [0.3, 0.4) is 0 Å². The number of carbonyl (C=O) groups is 1. The summed E-state index contributed by atoms with van der Waals surface area (Å²) < 4.78 is 5.35. The molecule has 2 atom stereocenters. The summed E-state index contributed by atoms with van der Waals surface area (Å²) in [7, 11) is 0. The van der Waals surface area contributed by atoms with Gasteiger partial charge < -0.3 is 10.1 Å². The van der Waals surface area contributed by atoms with Crippen LogP contribution in [-0.4, -0.2) is 35.4 Å². The maximum Gasteiger partial charge on any atom is 0.251 e. The van der Waals surface area contributed by atoms with Crippen molar-refractivity contribution in [1.29, 1.82) is 0 Å². The Kier molecular flexibility index (Phi) is 3.21. The summed E-state index contributed by atoms with van der Waals surface area (Å²) in [6.07, 6.45) is 2.76. The molecule has 1 aliphatic rings. The average Bonchev–Trinajstić information content (AvgIpc) is 3.09. The molecule has 1 aliphatic heterocycles. The smallest absolute Gasteiger partial charge is 0.251 e. The standard InChI is InChI=1S/C14H17N3O2/c1-9(12-4-5-19-8-12)16-14(18)10-2-3-11-7-15-17-13(11)6-10/h2-3,6-7,9,12H,4-5,8H2,1H3,(H,15,17)(H,16,18). The number of nitrogens with zero attached hydrogens (tertiary/aromatic N) is 1. The van der Waals surface area contributed by atoms with Crippen LogP contribution in [0, 0.1) is 5.92 Å². The fourth-order valence-corrected chi connectivity index (χ4v) is 2.43. The van der Waals surface area contributed by atoms with Gasteiger partial charge in [0.1, 0.15) is 0 Å². The van der Waals surface area contributed by atoms with E-state index in [0.717, 1.165) is 30.5 Å². The third-order valence-electron chi connectivity index (χ3n) is 3.73. The lowest BCUT2D eigenvalue weighted by Crippen LogP contribution is -2.38. The maximum atomic E-state index is 12.2. The van der Waals surface area contributed by atoms with Crippen molar-refractivity contribution in [3.8, 4) is 0 Å². The number of rotatable bonds is 3. The van der Waals surface area contributed by atoms with Gasteiger partial charge in [-0.15, -0.1) is 0 Å². The van der Waals surface area contributed by atoms with Crippen LogP contribution in [0.5, 0.6) is 0 Å². The number of hydrogen-bond acceptors (Lipinski definition) is 3. The van der Waals surface area contributed by atoms with Crippen LogP contribution in [-0.2, 0) is 4.74 Å². The van der Waals surface area contributed by atoms with E-state index >= 15 is 0 Å². The third-order valence-corrected chi connectivity index (χ3v) is 3.73. The second-order valence-electron chi connectivity index (χ2n) is 5.06. The molecule has 2 heterocycles. The van der Waals surface area contributed by atoms with E-state index in [4.69, 9.17) is 4.74 Å². The SMILES string of the molecule is CC(NC(=O)c1ccc2cn[nH]c2c1)C1CCOC1. The predicted molar refractivity (Wildman–Crippen MR) is 71.9 cm³/mol. The highest BCUT2D eigenvalue weighted by Crippen LogP contribution is 2.17. The van der Waals surface area contributed by atoms with Crippen molar-refractivity contribution in [3.63, 3.8) is 0 Å². The van der Waals surface area contributed by atoms with Gasteiger partial charge in [0.05, 0.1) is 18.3 Å². The van der Waals surface area contributed by atoms with E-state index in [0.29, 0.717) is 11.5 Å². The molecule has 0 saturated carbocycles. The minimum absolute atomic E-state index is 0.0455. The minimum atomic E-state index is -0.0455. The summed E-state index contributed by atoms with van der Waals surface area (Å²) in [5.74, 6) is 0.371. The summed E-state index contributed by atoms with van der Waals surface area (Å²) in [6.45, 7) is 3.57. The van der Waals surface area contributed by atoms with E-state index in [1.54, 1.807) is 6.20 Å². The Bertz CT molecular complexity index is 587. The van der Waals surface area contributed by atoms with Crippen molar-refractivity contribution in [2.75, 3.05) is 13.2 Å². The van der Waals surface area contributed by atoms with Gasteiger partial charge in [-0.05, 0) is 25.5 Å². The van der Waals surface area contributed by atoms with Gasteiger partial charge in [0.15, 0.2) is 0 Å². The quantitative estimate of drug-likeness (QED) is 0.882. The number of aromatic amines is 1. The molecule has 5 heteroatoms. The molecule has 1 aromatic heterocycles. The van der Waals surface area contributed by atoms with Gasteiger partial charge in [0.2, 0.25) is 0 Å². The van der Waals surface area contributed by atoms with Crippen LogP contribution < -0.4 is 5.32 Å². The van der Waals surface area contributed by atoms with Crippen molar-refractivity contribution < 1.29 is 9.53 Å². The summed E-state index contributed by atoms with van der Waals surface area (Å²) in [5, 5.41) is 10.9. The van der Waals surface area contributed by atoms with Crippen LogP contribution in [0.15, 0.2) is 24.4 Å². The van der Waals surface area contributed by atoms with Crippen molar-refractivity contribution in [1.82, 2.24) is 15.5 Å². The lowest BCUT2D eigenvalue weighted by Gasteiger charge is -2.19. The molecule has 1 amide bonds. The lowest BCUT2D eigenvalue weighted by atomic mass is 10.0. The van der Waals surface area contributed by atoms with Gasteiger partial charge in [-0.1, -0.05) is 6.07 Å². The van der Waals surface area contributed by atoms with Crippen molar-refractivity contribution in [2.45, 2.75) is 19.4 Å². The molecule has 19 heavy (non-hydrogen) atoms. The number of benzene rings is 1. The summed E-state index contributed by atoms with van der Waals surface area (Å²) in [5.41, 5.74) is 1.53. The Labute approximate surface area is 111 Å². The minimum Gasteiger partial charge on any atom is -0.381 e. The Morgan fingerprint density at radius 1 is 1.58 bits per heavy atom. The van der Waals surface area contributed by atoms with E-state index in [-0.39, 0.29) is 11.9 Å². The summed E-state index contributed by atoms with van der Waals surface area (Å²) in [4.78, 5) is 12.2. The van der Waals surface area contributed by atoms with E-state index < -0.39 is 0 Å². The third kappa shape index (κ3) is 2.46. The highest BCUT2D eigenvalue weighted by Gasteiger charge is 2.23. The lowest BCUT2D eigenvalue weighted by molar-refractivity contribution is 0.0922. The highest BCUT2D eigenvalue weighted by molar-refractivity contribution is 5.97. The van der Waals surface area contributed by atoms with Crippen molar-refractivity contribution in [3.05, 3.63) is 30.0 Å². The van der Waals surface area contributed by atoms with Crippen molar-refractivity contribution in [2.24, 2.45) is 5.92 Å². The molecule has 2 aromatic rings. The monoisotopic (exact) mass is 259 g/mol. The average molecular weight is 259 g/mol. The molecular weight excluding hydrogens is 242 g/mol. The van der Waals surface area contributed by atoms with Crippen molar-refractivity contribution >= 4 is 16.8 Å². The Balaban J connectivity index is 1.71. The fraction of sp³-hybridized carbons (Fsp3) is 0.429. The van der Waals surface area contributed by atoms with E-state index in [9.17, 15) is 4.79 Å². The van der Waals surface area contributed by atoms with Gasteiger partial charge in [-0.2, -0.15) is 5.10 Å². The number of amides is 1. The molecule has 100 valence electrons. The van der Waals surface area contributed by atoms with Crippen LogP contribution in [0.1, 0.15) is 23.7 Å². The summed E-state index contributed by atoms with van der Waals surface area (Å²) in [6, 6.07) is 5.69. The second-order valence-corrected chi connectivity index (χ2v) is 5.06. The number of aromatic nitrogens is 2. The first kappa shape index (κ1) is 12.2. The van der Waals surface area contributed by atoms with Gasteiger partial charge in [0.25, 0.3) is 5.91 Å². The zero-order valence-corrected chi connectivity index (χ0v) is 10.8. The molecule has 5 nitrogen and oxygen atoms in total. The maximum absolute atomic E-state index is 12.2. The Morgan fingerprint density at radius 2 is 2.47 bits per heavy atom. The van der Waals surface area contributed by atoms with Crippen LogP contribution in [0.2, 0.25) is 0 Å². The number of nitrogens with one attached hydrogen (secondary N) is 2. The first-order valence-corrected chi connectivity index (χ1v) is 6.56. The topological polar surface area (TPSA) is 67.0 Å². The highest BCUT2D eigenvalue weighted by atomic mass is 16.5. The molecule has 1 aromatic carbocycles. The van der Waals surface area contributed by atoms with Gasteiger partial charge in [0, 0.05) is 29.5 Å². The second kappa shape index (κ2) is 5.01.